The molecule has 0 aliphatic carbocycles. The summed E-state index contributed by atoms with van der Waals surface area (Å²) in [6.07, 6.45) is 0. The van der Waals surface area contributed by atoms with Crippen molar-refractivity contribution in [3.05, 3.63) is 70.2 Å². The maximum atomic E-state index is 14.1. The number of nitrogens with one attached hydrogen (secondary N) is 1. The molecule has 0 spiro atoms. The van der Waals surface area contributed by atoms with Gasteiger partial charge in [0.15, 0.2) is 10.6 Å². The van der Waals surface area contributed by atoms with Crippen molar-refractivity contribution in [3.8, 4) is 11.4 Å². The lowest BCUT2D eigenvalue weighted by molar-refractivity contribution is 0.0963. The number of rotatable bonds is 6. The second-order valence-electron chi connectivity index (χ2n) is 6.58. The van der Waals surface area contributed by atoms with E-state index in [1.54, 1.807) is 53.7 Å². The highest BCUT2D eigenvalue weighted by Gasteiger charge is 2.14. The van der Waals surface area contributed by atoms with Crippen molar-refractivity contribution < 1.29 is 9.18 Å². The fraction of sp³-hybridized carbons (Fsp3) is 0.250. The third-order valence-electron chi connectivity index (χ3n) is 4.43. The second-order valence-corrected chi connectivity index (χ2v) is 6.94. The summed E-state index contributed by atoms with van der Waals surface area (Å²) in [7, 11) is 5.34. The van der Waals surface area contributed by atoms with Gasteiger partial charge in [-0.25, -0.2) is 9.07 Å². The summed E-state index contributed by atoms with van der Waals surface area (Å²) in [6, 6.07) is 14.0. The van der Waals surface area contributed by atoms with Crippen LogP contribution < -0.4 is 5.32 Å². The molecular formula is C20H22FN5OS. The Morgan fingerprint density at radius 3 is 2.54 bits per heavy atom. The molecule has 2 aromatic carbocycles. The Labute approximate surface area is 168 Å². The van der Waals surface area contributed by atoms with E-state index in [2.05, 4.69) is 10.4 Å². The molecule has 1 N–H and O–H groups in total. The van der Waals surface area contributed by atoms with Gasteiger partial charge in [-0.05, 0) is 49.1 Å². The van der Waals surface area contributed by atoms with Gasteiger partial charge >= 0.3 is 0 Å². The highest BCUT2D eigenvalue weighted by atomic mass is 32.1. The summed E-state index contributed by atoms with van der Waals surface area (Å²) in [5, 5.41) is 7.12. The molecule has 146 valence electrons. The van der Waals surface area contributed by atoms with Crippen LogP contribution in [0.3, 0.4) is 0 Å². The largest absolute Gasteiger partial charge is 0.355 e. The average molecular weight is 399 g/mol. The maximum Gasteiger partial charge on any atom is 0.251 e. The lowest BCUT2D eigenvalue weighted by Crippen LogP contribution is -2.23. The molecule has 0 unspecified atom stereocenters. The van der Waals surface area contributed by atoms with Crippen LogP contribution in [0.5, 0.6) is 0 Å². The number of hydrogen-bond donors (Lipinski definition) is 1. The fourth-order valence-electron chi connectivity index (χ4n) is 2.95. The lowest BCUT2D eigenvalue weighted by atomic mass is 10.1. The number of hydrogen-bond acceptors (Lipinski definition) is 4. The normalized spacial score (nSPS) is 11.0. The van der Waals surface area contributed by atoms with Crippen LogP contribution in [0.25, 0.3) is 11.4 Å². The Morgan fingerprint density at radius 2 is 1.89 bits per heavy atom. The molecule has 3 rings (SSSR count). The van der Waals surface area contributed by atoms with E-state index in [1.807, 2.05) is 24.1 Å². The van der Waals surface area contributed by atoms with Crippen LogP contribution in [0.15, 0.2) is 48.5 Å². The first-order valence-corrected chi connectivity index (χ1v) is 9.20. The van der Waals surface area contributed by atoms with Gasteiger partial charge in [0, 0.05) is 26.2 Å². The molecule has 0 saturated heterocycles. The number of carbonyl (C=O) groups is 1. The summed E-state index contributed by atoms with van der Waals surface area (Å²) in [5.74, 6) is 0.0501. The predicted octanol–water partition coefficient (Wildman–Crippen LogP) is 3.21. The molecule has 0 saturated carbocycles. The Hall–Kier alpha value is -2.84. The van der Waals surface area contributed by atoms with Crippen molar-refractivity contribution >= 4 is 18.1 Å². The zero-order chi connectivity index (χ0) is 20.3. The number of benzene rings is 2. The van der Waals surface area contributed by atoms with Gasteiger partial charge < -0.3 is 9.88 Å². The van der Waals surface area contributed by atoms with Crippen molar-refractivity contribution in [2.24, 2.45) is 7.05 Å². The molecule has 3 aromatic rings. The quantitative estimate of drug-likeness (QED) is 0.647. The molecule has 0 radical (unpaired) electrons. The van der Waals surface area contributed by atoms with Crippen LogP contribution in [0.2, 0.25) is 0 Å². The van der Waals surface area contributed by atoms with Gasteiger partial charge in [-0.2, -0.15) is 5.10 Å². The summed E-state index contributed by atoms with van der Waals surface area (Å²) < 4.78 is 18.0. The first-order chi connectivity index (χ1) is 13.4. The van der Waals surface area contributed by atoms with E-state index in [-0.39, 0.29) is 11.7 Å². The van der Waals surface area contributed by atoms with E-state index < -0.39 is 0 Å². The number of halogens is 1. The molecule has 28 heavy (non-hydrogen) atoms. The van der Waals surface area contributed by atoms with Gasteiger partial charge in [-0.15, -0.1) is 0 Å². The third-order valence-corrected chi connectivity index (χ3v) is 4.91. The SMILES string of the molecule is CNC(=O)c1ccc(CN(C)Cn2nc(-c3ccccc3F)n(C)c2=S)cc1. The number of amides is 1. The molecule has 0 aliphatic rings. The smallest absolute Gasteiger partial charge is 0.251 e. The predicted molar refractivity (Wildman–Crippen MR) is 109 cm³/mol. The summed E-state index contributed by atoms with van der Waals surface area (Å²) >= 11 is 5.47. The number of aromatic nitrogens is 3. The van der Waals surface area contributed by atoms with Gasteiger partial charge in [0.1, 0.15) is 5.82 Å². The molecule has 1 aromatic heterocycles. The van der Waals surface area contributed by atoms with Gasteiger partial charge in [0.2, 0.25) is 0 Å². The minimum atomic E-state index is -0.331. The van der Waals surface area contributed by atoms with Crippen LogP contribution in [-0.2, 0) is 20.3 Å². The Morgan fingerprint density at radius 1 is 1.21 bits per heavy atom. The molecule has 0 bridgehead atoms. The Balaban J connectivity index is 1.75. The molecular weight excluding hydrogens is 377 g/mol. The van der Waals surface area contributed by atoms with E-state index in [0.29, 0.717) is 34.9 Å². The summed E-state index contributed by atoms with van der Waals surface area (Å²) in [5.41, 5.74) is 2.10. The van der Waals surface area contributed by atoms with Crippen molar-refractivity contribution in [2.45, 2.75) is 13.2 Å². The first-order valence-electron chi connectivity index (χ1n) is 8.79. The van der Waals surface area contributed by atoms with E-state index in [0.717, 1.165) is 5.56 Å². The van der Waals surface area contributed by atoms with Crippen molar-refractivity contribution in [2.75, 3.05) is 14.1 Å². The Kier molecular flexibility index (Phi) is 6.01. The molecule has 8 heteroatoms. The monoisotopic (exact) mass is 399 g/mol. The van der Waals surface area contributed by atoms with Gasteiger partial charge in [0.25, 0.3) is 5.91 Å². The molecule has 0 atom stereocenters. The number of nitrogens with zero attached hydrogens (tertiary/aromatic N) is 4. The summed E-state index contributed by atoms with van der Waals surface area (Å²) in [6.45, 7) is 1.11. The van der Waals surface area contributed by atoms with Crippen LogP contribution in [0, 0.1) is 10.6 Å². The first kappa shape index (κ1) is 19.9. The van der Waals surface area contributed by atoms with Gasteiger partial charge in [0.05, 0.1) is 12.2 Å². The lowest BCUT2D eigenvalue weighted by Gasteiger charge is -2.16. The van der Waals surface area contributed by atoms with Gasteiger partial charge in [-0.1, -0.05) is 24.3 Å². The standard InChI is InChI=1S/C20H22FN5OS/c1-22-19(27)15-10-8-14(9-11-15)12-24(2)13-26-20(28)25(3)18(23-26)16-6-4-5-7-17(16)21/h4-11H,12-13H2,1-3H3,(H,22,27). The van der Waals surface area contributed by atoms with E-state index in [9.17, 15) is 9.18 Å². The maximum absolute atomic E-state index is 14.1. The molecule has 0 fully saturated rings. The molecule has 6 nitrogen and oxygen atoms in total. The minimum absolute atomic E-state index is 0.111. The highest BCUT2D eigenvalue weighted by Crippen LogP contribution is 2.20. The van der Waals surface area contributed by atoms with Crippen LogP contribution in [0.4, 0.5) is 4.39 Å². The second kappa shape index (κ2) is 8.45. The topological polar surface area (TPSA) is 55.1 Å². The Bertz CT molecular complexity index is 1040. The fourth-order valence-corrected chi connectivity index (χ4v) is 3.14. The highest BCUT2D eigenvalue weighted by molar-refractivity contribution is 7.71. The van der Waals surface area contributed by atoms with Crippen LogP contribution in [0.1, 0.15) is 15.9 Å². The summed E-state index contributed by atoms with van der Waals surface area (Å²) in [4.78, 5) is 13.7. The van der Waals surface area contributed by atoms with Crippen LogP contribution >= 0.6 is 12.2 Å². The average Bonchev–Trinajstić information content (AvgIpc) is 2.96. The van der Waals surface area contributed by atoms with Gasteiger partial charge in [-0.3, -0.25) is 9.69 Å². The minimum Gasteiger partial charge on any atom is -0.355 e. The third kappa shape index (κ3) is 4.18. The molecule has 1 heterocycles. The van der Waals surface area contributed by atoms with Crippen molar-refractivity contribution in [3.63, 3.8) is 0 Å². The van der Waals surface area contributed by atoms with E-state index in [1.165, 1.54) is 6.07 Å². The van der Waals surface area contributed by atoms with Crippen molar-refractivity contribution in [1.29, 1.82) is 0 Å². The molecule has 0 aliphatic heterocycles. The van der Waals surface area contributed by atoms with E-state index in [4.69, 9.17) is 12.2 Å². The zero-order valence-corrected chi connectivity index (χ0v) is 16.8. The van der Waals surface area contributed by atoms with Crippen LogP contribution in [-0.4, -0.2) is 39.3 Å². The van der Waals surface area contributed by atoms with E-state index >= 15 is 0 Å². The number of carbonyl (C=O) groups excluding carboxylic acids is 1. The van der Waals surface area contributed by atoms with Crippen molar-refractivity contribution in [1.82, 2.24) is 24.6 Å². The molecule has 1 amide bonds. The zero-order valence-electron chi connectivity index (χ0n) is 16.0.